The van der Waals surface area contributed by atoms with Crippen LogP contribution in [0.15, 0.2) is 61.7 Å². The average molecular weight is 945 g/mol. The number of rotatable bonds is 12. The normalized spacial score (nSPS) is 23.1. The van der Waals surface area contributed by atoms with E-state index in [9.17, 15) is 23.4 Å². The summed E-state index contributed by atoms with van der Waals surface area (Å²) in [4.78, 5) is 18.5. The number of aromatic carboxylic acids is 1. The predicted molar refractivity (Wildman–Crippen MR) is 242 cm³/mol. The lowest BCUT2D eigenvalue weighted by atomic mass is 9.68. The van der Waals surface area contributed by atoms with Crippen LogP contribution < -0.4 is 20.1 Å². The number of carboxylic acids is 1. The smallest absolute Gasteiger partial charge is 0.335 e. The standard InChI is InChI=1S/C27H30ClNO4.C8H17NO3S.C7H16N2.CH3I/c1-2-24(30)21-8-5-19(21)14-29-15-27(11-3-4-17-12-20(28)7-9-22(17)27)16-33-25-10-6-18(26(31)32)13-23(25)29;1-4-5-7(2)8(6-12-3)13(9,10)11;1-7(2)9-5-3-8-4-6-9;1-2/h2,6-7,9-10,12-13,19,21,24,30H,1,3-5,8,11,14-16H2,(H,31,32);4,7-8H,1,5-6H2,2-3H3,(H2,9,10,11);7-8H,3-6H2,1-2H3;1H3/t19-,21+,24-,27-;7-,8+;;/m00../s1. The Morgan fingerprint density at radius 2 is 1.86 bits per heavy atom. The number of aryl methyl sites for hydroxylation is 1. The number of nitrogens with zero attached hydrogens (tertiary/aromatic N) is 2. The highest BCUT2D eigenvalue weighted by Crippen LogP contribution is 2.46. The van der Waals surface area contributed by atoms with Crippen molar-refractivity contribution in [1.82, 2.24) is 10.2 Å². The van der Waals surface area contributed by atoms with E-state index in [1.165, 1.54) is 31.3 Å². The molecule has 6 atom stereocenters. The fraction of sp³-hybridized carbons (Fsp3) is 0.605. The molecular formula is C43H66ClIN4O7S. The number of alkyl halides is 1. The van der Waals surface area contributed by atoms with Crippen LogP contribution in [-0.2, 0) is 26.6 Å². The summed E-state index contributed by atoms with van der Waals surface area (Å²) in [7, 11) is -2.06. The first kappa shape index (κ1) is 49.1. The molecule has 1 saturated heterocycles. The summed E-state index contributed by atoms with van der Waals surface area (Å²) >= 11 is 8.46. The van der Waals surface area contributed by atoms with Gasteiger partial charge in [0.1, 0.15) is 11.0 Å². The van der Waals surface area contributed by atoms with Crippen molar-refractivity contribution in [2.24, 2.45) is 22.9 Å². The summed E-state index contributed by atoms with van der Waals surface area (Å²) in [6.45, 7) is 20.6. The molecule has 2 aromatic rings. The van der Waals surface area contributed by atoms with Crippen molar-refractivity contribution in [3.63, 3.8) is 0 Å². The van der Waals surface area contributed by atoms with Gasteiger partial charge in [0.25, 0.3) is 0 Å². The lowest BCUT2D eigenvalue weighted by Gasteiger charge is -2.45. The van der Waals surface area contributed by atoms with Crippen LogP contribution in [0.25, 0.3) is 0 Å². The minimum Gasteiger partial charge on any atom is -0.490 e. The van der Waals surface area contributed by atoms with Crippen LogP contribution in [0.4, 0.5) is 5.69 Å². The molecule has 2 heterocycles. The summed E-state index contributed by atoms with van der Waals surface area (Å²) in [5.41, 5.74) is 3.44. The second kappa shape index (κ2) is 23.5. The van der Waals surface area contributed by atoms with E-state index in [1.54, 1.807) is 30.4 Å². The molecule has 2 aliphatic carbocycles. The number of hydrogen-bond donors (Lipinski definition) is 4. The largest absolute Gasteiger partial charge is 0.490 e. The molecule has 0 radical (unpaired) electrons. The van der Waals surface area contributed by atoms with Gasteiger partial charge in [-0.25, -0.2) is 18.4 Å². The Morgan fingerprint density at radius 1 is 1.16 bits per heavy atom. The predicted octanol–water partition coefficient (Wildman–Crippen LogP) is 6.94. The number of aliphatic hydroxyl groups excluding tert-OH is 1. The Balaban J connectivity index is 0.000000298. The number of aliphatic hydroxyl groups is 1. The van der Waals surface area contributed by atoms with Crippen molar-refractivity contribution in [1.29, 1.82) is 0 Å². The topological polar surface area (TPSA) is 155 Å². The Kier molecular flexibility index (Phi) is 20.3. The second-order valence-corrected chi connectivity index (χ2v) is 18.0. The Morgan fingerprint density at radius 3 is 2.40 bits per heavy atom. The van der Waals surface area contributed by atoms with Gasteiger partial charge in [0.2, 0.25) is 10.0 Å². The third kappa shape index (κ3) is 13.6. The summed E-state index contributed by atoms with van der Waals surface area (Å²) in [6.07, 6.45) is 8.50. The van der Waals surface area contributed by atoms with Crippen molar-refractivity contribution < 1.29 is 32.9 Å². The van der Waals surface area contributed by atoms with Crippen molar-refractivity contribution >= 4 is 55.9 Å². The number of fused-ring (bicyclic) bond motifs is 3. The number of piperazine rings is 1. The highest BCUT2D eigenvalue weighted by atomic mass is 127. The maximum atomic E-state index is 11.7. The molecule has 5 N–H and O–H groups in total. The van der Waals surface area contributed by atoms with Gasteiger partial charge >= 0.3 is 5.97 Å². The first-order valence-electron chi connectivity index (χ1n) is 19.9. The van der Waals surface area contributed by atoms with E-state index in [-0.39, 0.29) is 29.4 Å². The van der Waals surface area contributed by atoms with E-state index in [2.05, 4.69) is 76.8 Å². The molecule has 320 valence electrons. The highest BCUT2D eigenvalue weighted by Gasteiger charge is 2.44. The summed E-state index contributed by atoms with van der Waals surface area (Å²) in [6, 6.07) is 12.0. The number of allylic oxidation sites excluding steroid dienone is 1. The molecule has 11 nitrogen and oxygen atoms in total. The molecule has 2 aliphatic heterocycles. The number of primary sulfonamides is 1. The van der Waals surface area contributed by atoms with Crippen molar-refractivity contribution in [3.05, 3.63) is 83.4 Å². The zero-order valence-corrected chi connectivity index (χ0v) is 38.2. The van der Waals surface area contributed by atoms with Gasteiger partial charge in [0.15, 0.2) is 0 Å². The van der Waals surface area contributed by atoms with Crippen LogP contribution in [-0.4, -0.2) is 111 Å². The lowest BCUT2D eigenvalue weighted by molar-refractivity contribution is 0.0460. The quantitative estimate of drug-likeness (QED) is 0.100. The molecule has 14 heteroatoms. The average Bonchev–Trinajstić information content (AvgIpc) is 3.33. The fourth-order valence-electron chi connectivity index (χ4n) is 8.34. The van der Waals surface area contributed by atoms with E-state index in [0.717, 1.165) is 80.8 Å². The number of halogens is 2. The van der Waals surface area contributed by atoms with Gasteiger partial charge in [-0.2, -0.15) is 0 Å². The minimum absolute atomic E-state index is 0.0625. The van der Waals surface area contributed by atoms with Gasteiger partial charge in [-0.05, 0) is 117 Å². The van der Waals surface area contributed by atoms with Crippen LogP contribution in [0.2, 0.25) is 5.02 Å². The number of carbonyl (C=O) groups is 1. The summed E-state index contributed by atoms with van der Waals surface area (Å²) in [5, 5.41) is 28.5. The summed E-state index contributed by atoms with van der Waals surface area (Å²) < 4.78 is 33.4. The monoisotopic (exact) mass is 944 g/mol. The molecule has 57 heavy (non-hydrogen) atoms. The van der Waals surface area contributed by atoms with Crippen molar-refractivity contribution in [2.75, 3.05) is 69.4 Å². The van der Waals surface area contributed by atoms with Crippen molar-refractivity contribution in [3.8, 4) is 5.75 Å². The number of methoxy groups -OCH3 is 1. The van der Waals surface area contributed by atoms with E-state index < -0.39 is 27.3 Å². The first-order valence-corrected chi connectivity index (χ1v) is 24.1. The van der Waals surface area contributed by atoms with Gasteiger partial charge in [-0.1, -0.05) is 59.3 Å². The van der Waals surface area contributed by atoms with Gasteiger partial charge in [-0.3, -0.25) is 4.90 Å². The van der Waals surface area contributed by atoms with Crippen LogP contribution >= 0.6 is 34.2 Å². The van der Waals surface area contributed by atoms with Crippen LogP contribution in [0.1, 0.15) is 74.4 Å². The van der Waals surface area contributed by atoms with Crippen molar-refractivity contribution in [2.45, 2.75) is 82.1 Å². The first-order chi connectivity index (χ1) is 27.1. The van der Waals surface area contributed by atoms with E-state index >= 15 is 0 Å². The van der Waals surface area contributed by atoms with Crippen LogP contribution in [0, 0.1) is 17.8 Å². The highest BCUT2D eigenvalue weighted by molar-refractivity contribution is 14.1. The number of nitrogens with two attached hydrogens (primary N) is 1. The van der Waals surface area contributed by atoms with E-state index in [1.807, 2.05) is 17.9 Å². The third-order valence-electron chi connectivity index (χ3n) is 11.7. The van der Waals surface area contributed by atoms with Crippen LogP contribution in [0.5, 0.6) is 5.75 Å². The fourth-order valence-corrected chi connectivity index (χ4v) is 9.62. The lowest BCUT2D eigenvalue weighted by Crippen LogP contribution is -2.49. The molecule has 0 amide bonds. The molecule has 1 saturated carbocycles. The molecule has 2 aromatic carbocycles. The number of nitrogens with one attached hydrogen (secondary N) is 1. The summed E-state index contributed by atoms with van der Waals surface area (Å²) in [5.74, 6) is 0.220. The molecule has 6 rings (SSSR count). The van der Waals surface area contributed by atoms with E-state index in [4.69, 9.17) is 26.2 Å². The number of anilines is 1. The maximum Gasteiger partial charge on any atom is 0.335 e. The van der Waals surface area contributed by atoms with E-state index in [0.29, 0.717) is 18.9 Å². The molecule has 4 aliphatic rings. The minimum atomic E-state index is -3.52. The molecule has 0 aromatic heterocycles. The number of benzene rings is 2. The van der Waals surface area contributed by atoms with Gasteiger partial charge in [0.05, 0.1) is 30.6 Å². The SMILES string of the molecule is C=CC[C@H](C)[C@@H](COC)S(N)(=O)=O.C=C[C@H](O)[C@@H]1CC[C@H]1CN1C[C@@]2(CCCc3cc(Cl)ccc32)COc2ccc(C(=O)O)cc21.CC(C)N1CCNCC1.CI. The molecule has 1 spiro atoms. The number of carboxylic acid groups (broad SMARTS) is 1. The van der Waals surface area contributed by atoms with Gasteiger partial charge < -0.3 is 29.9 Å². The number of ether oxygens (including phenoxy) is 2. The van der Waals surface area contributed by atoms with Gasteiger partial charge in [0, 0.05) is 62.9 Å². The molecule has 2 fully saturated rings. The third-order valence-corrected chi connectivity index (χ3v) is 13.4. The van der Waals surface area contributed by atoms with Gasteiger partial charge in [-0.15, -0.1) is 13.2 Å². The molecule has 0 unspecified atom stereocenters. The molecule has 0 bridgehead atoms. The Hall–Kier alpha value is -2.24. The Bertz CT molecular complexity index is 1710. The maximum absolute atomic E-state index is 11.7. The number of hydrogen-bond acceptors (Lipinski definition) is 9. The second-order valence-electron chi connectivity index (χ2n) is 15.8. The zero-order valence-electron chi connectivity index (χ0n) is 34.5. The Labute approximate surface area is 360 Å². The van der Waals surface area contributed by atoms with Crippen LogP contribution in [0.3, 0.4) is 0 Å². The zero-order chi connectivity index (χ0) is 42.3. The molecular weight excluding hydrogens is 879 g/mol. The number of sulfonamides is 1.